The molecule has 3 N–H and O–H groups in total. The second kappa shape index (κ2) is 8.20. The Balaban J connectivity index is 1.57. The molecule has 0 atom stereocenters. The molecule has 0 saturated carbocycles. The molecule has 0 amide bonds. The van der Waals surface area contributed by atoms with E-state index in [0.717, 1.165) is 11.1 Å². The molecule has 3 aromatic rings. The predicted octanol–water partition coefficient (Wildman–Crippen LogP) is 5.06. The van der Waals surface area contributed by atoms with E-state index in [0.29, 0.717) is 33.4 Å². The van der Waals surface area contributed by atoms with Crippen molar-refractivity contribution in [3.05, 3.63) is 69.0 Å². The van der Waals surface area contributed by atoms with Crippen molar-refractivity contribution in [2.45, 2.75) is 6.61 Å². The smallest absolute Gasteiger partial charge is 0.205 e. The third-order valence-electron chi connectivity index (χ3n) is 3.22. The molecule has 0 radical (unpaired) electrons. The van der Waals surface area contributed by atoms with Crippen LogP contribution in [0.4, 0.5) is 10.9 Å². The minimum absolute atomic E-state index is 0.305. The minimum atomic E-state index is 0.305. The van der Waals surface area contributed by atoms with Gasteiger partial charge in [0.25, 0.3) is 0 Å². The summed E-state index contributed by atoms with van der Waals surface area (Å²) in [6, 6.07) is 12.9. The van der Waals surface area contributed by atoms with Crippen LogP contribution < -0.4 is 15.9 Å². The number of benzene rings is 2. The highest BCUT2D eigenvalue weighted by atomic mass is 35.5. The summed E-state index contributed by atoms with van der Waals surface area (Å²) in [5.41, 5.74) is 10.1. The van der Waals surface area contributed by atoms with E-state index in [-0.39, 0.29) is 0 Å². The highest BCUT2D eigenvalue weighted by molar-refractivity contribution is 7.14. The van der Waals surface area contributed by atoms with Gasteiger partial charge in [-0.05, 0) is 42.0 Å². The molecule has 0 saturated heterocycles. The van der Waals surface area contributed by atoms with E-state index < -0.39 is 0 Å². The Bertz CT molecular complexity index is 860. The third kappa shape index (κ3) is 4.85. The molecule has 5 nitrogen and oxygen atoms in total. The summed E-state index contributed by atoms with van der Waals surface area (Å²) in [4.78, 5) is 4.05. The van der Waals surface area contributed by atoms with Crippen molar-refractivity contribution in [3.8, 4) is 5.75 Å². The second-order valence-corrected chi connectivity index (χ2v) is 6.68. The average molecular weight is 393 g/mol. The maximum atomic E-state index is 6.13. The zero-order valence-corrected chi connectivity index (χ0v) is 15.3. The number of rotatable bonds is 6. The van der Waals surface area contributed by atoms with E-state index in [1.807, 2.05) is 24.3 Å². The quantitative estimate of drug-likeness (QED) is 0.454. The van der Waals surface area contributed by atoms with E-state index in [1.54, 1.807) is 29.8 Å². The first-order valence-electron chi connectivity index (χ1n) is 7.27. The number of ether oxygens (including phenoxy) is 1. The molecule has 0 spiro atoms. The zero-order chi connectivity index (χ0) is 17.6. The molecule has 1 heterocycles. The molecule has 0 bridgehead atoms. The lowest BCUT2D eigenvalue weighted by molar-refractivity contribution is 0.306. The van der Waals surface area contributed by atoms with Crippen LogP contribution in [0.1, 0.15) is 11.1 Å². The van der Waals surface area contributed by atoms with Crippen molar-refractivity contribution in [1.29, 1.82) is 0 Å². The Labute approximate surface area is 159 Å². The monoisotopic (exact) mass is 392 g/mol. The van der Waals surface area contributed by atoms with E-state index in [9.17, 15) is 0 Å². The number of hydrogen-bond acceptors (Lipinski definition) is 6. The van der Waals surface area contributed by atoms with Crippen molar-refractivity contribution in [3.63, 3.8) is 0 Å². The van der Waals surface area contributed by atoms with Gasteiger partial charge in [-0.25, -0.2) is 4.98 Å². The summed E-state index contributed by atoms with van der Waals surface area (Å²) in [5.74, 6) is 1.19. The molecule has 0 fully saturated rings. The van der Waals surface area contributed by atoms with Gasteiger partial charge in [-0.3, -0.25) is 5.43 Å². The number of hydrazone groups is 1. The van der Waals surface area contributed by atoms with Crippen LogP contribution in [0.2, 0.25) is 10.0 Å². The number of hydrogen-bond donors (Lipinski definition) is 2. The largest absolute Gasteiger partial charge is 0.489 e. The maximum Gasteiger partial charge on any atom is 0.205 e. The van der Waals surface area contributed by atoms with Crippen LogP contribution in [-0.4, -0.2) is 11.2 Å². The van der Waals surface area contributed by atoms with Crippen LogP contribution in [0.3, 0.4) is 0 Å². The lowest BCUT2D eigenvalue weighted by Gasteiger charge is -2.09. The van der Waals surface area contributed by atoms with Gasteiger partial charge in [0.1, 0.15) is 18.2 Å². The number of nitrogens with zero attached hydrogens (tertiary/aromatic N) is 2. The Morgan fingerprint density at radius 2 is 1.88 bits per heavy atom. The first kappa shape index (κ1) is 17.5. The van der Waals surface area contributed by atoms with Crippen molar-refractivity contribution < 1.29 is 4.74 Å². The topological polar surface area (TPSA) is 72.5 Å². The second-order valence-electron chi connectivity index (χ2n) is 5.01. The highest BCUT2D eigenvalue weighted by Crippen LogP contribution is 2.26. The molecule has 0 unspecified atom stereocenters. The molecule has 3 rings (SSSR count). The third-order valence-corrected chi connectivity index (χ3v) is 4.69. The summed E-state index contributed by atoms with van der Waals surface area (Å²) in [6.07, 6.45) is 1.69. The van der Waals surface area contributed by atoms with Gasteiger partial charge < -0.3 is 10.5 Å². The van der Waals surface area contributed by atoms with E-state index in [4.69, 9.17) is 33.7 Å². The van der Waals surface area contributed by atoms with Crippen molar-refractivity contribution in [2.24, 2.45) is 5.10 Å². The van der Waals surface area contributed by atoms with E-state index >= 15 is 0 Å². The van der Waals surface area contributed by atoms with Crippen LogP contribution >= 0.6 is 34.5 Å². The van der Waals surface area contributed by atoms with Gasteiger partial charge in [-0.2, -0.15) is 5.10 Å². The van der Waals surface area contributed by atoms with Gasteiger partial charge in [-0.15, -0.1) is 11.3 Å². The standard InChI is InChI=1S/C17H14Cl2N4OS/c18-14-2-1-3-15(19)13(14)9-24-12-6-4-11(5-7-12)8-21-23-17-22-16(20)10-25-17/h1-8,10H,9,20H2,(H,22,23). The molecular formula is C17H14Cl2N4OS. The fourth-order valence-electron chi connectivity index (χ4n) is 1.98. The summed E-state index contributed by atoms with van der Waals surface area (Å²) in [6.45, 7) is 0.305. The average Bonchev–Trinajstić information content (AvgIpc) is 3.01. The van der Waals surface area contributed by atoms with Gasteiger partial charge in [0.15, 0.2) is 0 Å². The number of anilines is 2. The van der Waals surface area contributed by atoms with Crippen molar-refractivity contribution in [1.82, 2.24) is 4.98 Å². The molecule has 2 aromatic carbocycles. The predicted molar refractivity (Wildman–Crippen MR) is 105 cm³/mol. The van der Waals surface area contributed by atoms with Gasteiger partial charge in [0, 0.05) is 21.0 Å². The first-order valence-corrected chi connectivity index (χ1v) is 8.91. The molecule has 0 aliphatic rings. The number of nitrogens with one attached hydrogen (secondary N) is 1. The fraction of sp³-hybridized carbons (Fsp3) is 0.0588. The fourth-order valence-corrected chi connectivity index (χ4v) is 3.03. The molecule has 128 valence electrons. The maximum absolute atomic E-state index is 6.13. The van der Waals surface area contributed by atoms with Crippen LogP contribution in [0.15, 0.2) is 52.9 Å². The van der Waals surface area contributed by atoms with Crippen molar-refractivity contribution in [2.75, 3.05) is 11.2 Å². The van der Waals surface area contributed by atoms with Gasteiger partial charge in [-0.1, -0.05) is 29.3 Å². The Morgan fingerprint density at radius 1 is 1.16 bits per heavy atom. The summed E-state index contributed by atoms with van der Waals surface area (Å²) < 4.78 is 5.73. The Kier molecular flexibility index (Phi) is 5.75. The summed E-state index contributed by atoms with van der Waals surface area (Å²) in [7, 11) is 0. The SMILES string of the molecule is Nc1csc(NN=Cc2ccc(OCc3c(Cl)cccc3Cl)cc2)n1. The normalized spacial score (nSPS) is 11.0. The van der Waals surface area contributed by atoms with Crippen LogP contribution in [-0.2, 0) is 6.61 Å². The molecule has 0 aliphatic carbocycles. The number of aromatic nitrogens is 1. The van der Waals surface area contributed by atoms with E-state index in [1.165, 1.54) is 11.3 Å². The summed E-state index contributed by atoms with van der Waals surface area (Å²) >= 11 is 13.7. The van der Waals surface area contributed by atoms with E-state index in [2.05, 4.69) is 15.5 Å². The minimum Gasteiger partial charge on any atom is -0.489 e. The van der Waals surface area contributed by atoms with Gasteiger partial charge in [0.2, 0.25) is 5.13 Å². The highest BCUT2D eigenvalue weighted by Gasteiger charge is 2.06. The van der Waals surface area contributed by atoms with Crippen molar-refractivity contribution >= 4 is 51.7 Å². The zero-order valence-electron chi connectivity index (χ0n) is 12.9. The van der Waals surface area contributed by atoms with Gasteiger partial charge in [0.05, 0.1) is 6.21 Å². The van der Waals surface area contributed by atoms with Crippen LogP contribution in [0.5, 0.6) is 5.75 Å². The number of nitrogens with two attached hydrogens (primary N) is 1. The Hall–Kier alpha value is -2.28. The number of thiazole rings is 1. The number of halogens is 2. The van der Waals surface area contributed by atoms with Crippen LogP contribution in [0, 0.1) is 0 Å². The lowest BCUT2D eigenvalue weighted by Crippen LogP contribution is -1.97. The van der Waals surface area contributed by atoms with Crippen LogP contribution in [0.25, 0.3) is 0 Å². The molecular weight excluding hydrogens is 379 g/mol. The number of nitrogen functional groups attached to an aromatic ring is 1. The molecule has 25 heavy (non-hydrogen) atoms. The molecule has 8 heteroatoms. The molecule has 0 aliphatic heterocycles. The molecule has 1 aromatic heterocycles. The van der Waals surface area contributed by atoms with Gasteiger partial charge >= 0.3 is 0 Å². The first-order chi connectivity index (χ1) is 12.1. The lowest BCUT2D eigenvalue weighted by atomic mass is 10.2. The summed E-state index contributed by atoms with van der Waals surface area (Å²) in [5, 5.41) is 7.68. The Morgan fingerprint density at radius 3 is 2.52 bits per heavy atom.